The zero-order valence-electron chi connectivity index (χ0n) is 16.4. The molecule has 1 amide bonds. The largest absolute Gasteiger partial charge is 0.300 e. The maximum Gasteiger partial charge on any atom is 0.300 e. The van der Waals surface area contributed by atoms with Crippen molar-refractivity contribution in [3.8, 4) is 0 Å². The minimum atomic E-state index is -0.567. The van der Waals surface area contributed by atoms with E-state index in [1.807, 2.05) is 57.2 Å². The lowest BCUT2D eigenvalue weighted by atomic mass is 9.89. The van der Waals surface area contributed by atoms with Gasteiger partial charge in [0.25, 0.3) is 11.7 Å². The molecule has 0 spiro atoms. The Bertz CT molecular complexity index is 1250. The molecular weight excluding hydrogens is 382 g/mol. The molecule has 0 saturated heterocycles. The van der Waals surface area contributed by atoms with E-state index < -0.39 is 17.2 Å². The van der Waals surface area contributed by atoms with Gasteiger partial charge in [0.15, 0.2) is 5.16 Å². The van der Waals surface area contributed by atoms with Crippen LogP contribution in [0.25, 0.3) is 16.5 Å². The second-order valence-electron chi connectivity index (χ2n) is 7.89. The zero-order chi connectivity index (χ0) is 20.3. The fourth-order valence-electron chi connectivity index (χ4n) is 4.20. The third kappa shape index (κ3) is 2.70. The summed E-state index contributed by atoms with van der Waals surface area (Å²) in [6, 6.07) is 13.6. The summed E-state index contributed by atoms with van der Waals surface area (Å²) >= 11 is 1.57. The molecule has 2 aliphatic rings. The zero-order valence-corrected chi connectivity index (χ0v) is 17.2. The van der Waals surface area contributed by atoms with Crippen LogP contribution in [0.2, 0.25) is 0 Å². The highest BCUT2D eigenvalue weighted by Gasteiger charge is 2.46. The lowest BCUT2D eigenvalue weighted by Gasteiger charge is -2.38. The Hall–Kier alpha value is -2.99. The summed E-state index contributed by atoms with van der Waals surface area (Å²) in [7, 11) is 0. The fourth-order valence-corrected chi connectivity index (χ4v) is 5.09. The first-order valence-corrected chi connectivity index (χ1v) is 10.5. The molecule has 3 heterocycles. The number of aromatic nitrogens is 2. The van der Waals surface area contributed by atoms with Crippen molar-refractivity contribution in [3.63, 3.8) is 0 Å². The van der Waals surface area contributed by atoms with Gasteiger partial charge in [0.1, 0.15) is 0 Å². The van der Waals surface area contributed by atoms with Crippen molar-refractivity contribution in [1.82, 2.24) is 9.97 Å². The highest BCUT2D eigenvalue weighted by atomic mass is 32.2. The summed E-state index contributed by atoms with van der Waals surface area (Å²) in [5, 5.41) is 1.78. The van der Waals surface area contributed by atoms with Crippen LogP contribution < -0.4 is 4.90 Å². The van der Waals surface area contributed by atoms with Crippen LogP contribution >= 0.6 is 11.8 Å². The molecule has 0 N–H and O–H groups in total. The molecule has 2 aromatic carbocycles. The van der Waals surface area contributed by atoms with Gasteiger partial charge < -0.3 is 0 Å². The van der Waals surface area contributed by atoms with Crippen LogP contribution in [0.1, 0.15) is 35.5 Å². The molecule has 29 heavy (non-hydrogen) atoms. The van der Waals surface area contributed by atoms with Crippen molar-refractivity contribution >= 4 is 45.6 Å². The van der Waals surface area contributed by atoms with Crippen molar-refractivity contribution in [2.24, 2.45) is 0 Å². The van der Waals surface area contributed by atoms with Gasteiger partial charge in [-0.05, 0) is 38.5 Å². The third-order valence-corrected chi connectivity index (χ3v) is 6.38. The number of carbonyl (C=O) groups excluding carboxylic acids is 2. The molecule has 3 aromatic rings. The number of fused-ring (bicyclic) bond motifs is 1. The minimum absolute atomic E-state index is 0.425. The molecule has 0 aliphatic carbocycles. The number of para-hydroxylation sites is 2. The standard InChI is InChI=1S/C23H19N3O2S/c1-13-15-7-4-5-10-18(15)25-22(24-13)29-12-14-11-23(2,3)26-19-16(14)8-6-9-17(19)20(27)21(26)28/h4-11H,12H2,1-3H3. The summed E-state index contributed by atoms with van der Waals surface area (Å²) in [4.78, 5) is 36.0. The Balaban J connectivity index is 1.53. The Morgan fingerprint density at radius 2 is 1.76 bits per heavy atom. The number of thioether (sulfide) groups is 1. The van der Waals surface area contributed by atoms with Crippen LogP contribution in [0.3, 0.4) is 0 Å². The van der Waals surface area contributed by atoms with Gasteiger partial charge in [0.05, 0.1) is 22.3 Å². The third-order valence-electron chi connectivity index (χ3n) is 5.48. The predicted molar refractivity (Wildman–Crippen MR) is 115 cm³/mol. The fraction of sp³-hybridized carbons (Fsp3) is 0.217. The SMILES string of the molecule is Cc1nc(SCC2=CC(C)(C)N3C(=O)C(=O)c4cccc2c43)nc2ccccc12. The average molecular weight is 401 g/mol. The van der Waals surface area contributed by atoms with Crippen molar-refractivity contribution in [2.75, 3.05) is 10.7 Å². The number of hydrogen-bond acceptors (Lipinski definition) is 5. The summed E-state index contributed by atoms with van der Waals surface area (Å²) in [5.41, 5.74) is 4.58. The number of hydrogen-bond donors (Lipinski definition) is 0. The van der Waals surface area contributed by atoms with Crippen LogP contribution in [-0.2, 0) is 4.79 Å². The Kier molecular flexibility index (Phi) is 3.90. The summed E-state index contributed by atoms with van der Waals surface area (Å²) in [5.74, 6) is -0.215. The van der Waals surface area contributed by atoms with Crippen molar-refractivity contribution < 1.29 is 9.59 Å². The average Bonchev–Trinajstić information content (AvgIpc) is 2.96. The van der Waals surface area contributed by atoms with Gasteiger partial charge in [-0.1, -0.05) is 48.2 Å². The minimum Gasteiger partial charge on any atom is -0.295 e. The lowest BCUT2D eigenvalue weighted by molar-refractivity contribution is -0.115. The highest BCUT2D eigenvalue weighted by molar-refractivity contribution is 7.99. The molecular formula is C23H19N3O2S. The number of nitrogens with zero attached hydrogens (tertiary/aromatic N) is 3. The Morgan fingerprint density at radius 1 is 1.00 bits per heavy atom. The van der Waals surface area contributed by atoms with Crippen LogP contribution in [-0.4, -0.2) is 33.0 Å². The van der Waals surface area contributed by atoms with Gasteiger partial charge in [-0.25, -0.2) is 9.97 Å². The molecule has 1 aromatic heterocycles. The number of anilines is 1. The van der Waals surface area contributed by atoms with E-state index in [1.54, 1.807) is 22.7 Å². The number of amides is 1. The van der Waals surface area contributed by atoms with E-state index in [0.29, 0.717) is 11.3 Å². The number of aryl methyl sites for hydroxylation is 1. The number of carbonyl (C=O) groups is 2. The number of benzene rings is 2. The molecule has 0 atom stereocenters. The molecule has 6 heteroatoms. The van der Waals surface area contributed by atoms with E-state index in [0.717, 1.165) is 38.6 Å². The van der Waals surface area contributed by atoms with Crippen LogP contribution in [0, 0.1) is 6.92 Å². The first-order chi connectivity index (χ1) is 13.9. The summed E-state index contributed by atoms with van der Waals surface area (Å²) in [6.07, 6.45) is 2.08. The molecule has 0 radical (unpaired) electrons. The van der Waals surface area contributed by atoms with Gasteiger partial charge >= 0.3 is 0 Å². The Labute approximate surface area is 172 Å². The molecule has 5 nitrogen and oxygen atoms in total. The van der Waals surface area contributed by atoms with E-state index >= 15 is 0 Å². The van der Waals surface area contributed by atoms with Crippen molar-refractivity contribution in [1.29, 1.82) is 0 Å². The van der Waals surface area contributed by atoms with Gasteiger partial charge in [-0.15, -0.1) is 0 Å². The van der Waals surface area contributed by atoms with Gasteiger partial charge in [-0.3, -0.25) is 14.5 Å². The van der Waals surface area contributed by atoms with Crippen molar-refractivity contribution in [3.05, 3.63) is 65.4 Å². The van der Waals surface area contributed by atoms with Gasteiger partial charge in [-0.2, -0.15) is 0 Å². The van der Waals surface area contributed by atoms with E-state index in [9.17, 15) is 9.59 Å². The van der Waals surface area contributed by atoms with Crippen LogP contribution in [0.5, 0.6) is 0 Å². The monoisotopic (exact) mass is 401 g/mol. The van der Waals surface area contributed by atoms with E-state index in [1.165, 1.54) is 0 Å². The highest BCUT2D eigenvalue weighted by Crippen LogP contribution is 2.46. The van der Waals surface area contributed by atoms with Crippen molar-refractivity contribution in [2.45, 2.75) is 31.5 Å². The predicted octanol–water partition coefficient (Wildman–Crippen LogP) is 4.44. The molecule has 0 bridgehead atoms. The molecule has 5 rings (SSSR count). The Morgan fingerprint density at radius 3 is 2.59 bits per heavy atom. The summed E-state index contributed by atoms with van der Waals surface area (Å²) in [6.45, 7) is 5.92. The quantitative estimate of drug-likeness (QED) is 0.369. The van der Waals surface area contributed by atoms with E-state index in [-0.39, 0.29) is 0 Å². The molecule has 0 unspecified atom stereocenters. The number of Topliss-reactive ketones (excluding diaryl/α,β-unsaturated/α-hetero) is 1. The van der Waals surface area contributed by atoms with E-state index in [2.05, 4.69) is 16.0 Å². The second-order valence-corrected chi connectivity index (χ2v) is 8.83. The maximum absolute atomic E-state index is 12.6. The van der Waals surface area contributed by atoms with E-state index in [4.69, 9.17) is 0 Å². The molecule has 2 aliphatic heterocycles. The molecule has 144 valence electrons. The summed E-state index contributed by atoms with van der Waals surface area (Å²) < 4.78 is 0. The van der Waals surface area contributed by atoms with Crippen LogP contribution in [0.15, 0.2) is 53.7 Å². The number of rotatable bonds is 3. The number of ketones is 1. The first-order valence-electron chi connectivity index (χ1n) is 9.47. The second kappa shape index (κ2) is 6.26. The lowest BCUT2D eigenvalue weighted by Crippen LogP contribution is -2.47. The molecule has 0 fully saturated rings. The normalized spacial score (nSPS) is 16.9. The maximum atomic E-state index is 12.6. The van der Waals surface area contributed by atoms with Gasteiger partial charge in [0, 0.05) is 22.4 Å². The molecule has 0 saturated carbocycles. The van der Waals surface area contributed by atoms with Gasteiger partial charge in [0.2, 0.25) is 0 Å². The first kappa shape index (κ1) is 18.1. The topological polar surface area (TPSA) is 63.2 Å². The smallest absolute Gasteiger partial charge is 0.295 e. The van der Waals surface area contributed by atoms with Crippen LogP contribution in [0.4, 0.5) is 5.69 Å².